The largest absolute Gasteiger partial charge is 0.375 e. The van der Waals surface area contributed by atoms with Gasteiger partial charge in [0, 0.05) is 44.3 Å². The molecule has 3 rings (SSSR count). The summed E-state index contributed by atoms with van der Waals surface area (Å²) in [4.78, 5) is 27.6. The number of nitrogens with zero attached hydrogens (tertiary/aromatic N) is 2. The predicted octanol–water partition coefficient (Wildman–Crippen LogP) is 1.43. The van der Waals surface area contributed by atoms with Crippen molar-refractivity contribution in [1.82, 2.24) is 4.90 Å². The van der Waals surface area contributed by atoms with Gasteiger partial charge in [0.15, 0.2) is 0 Å². The lowest BCUT2D eigenvalue weighted by molar-refractivity contribution is -0.134. The number of ether oxygens (including phenoxy) is 1. The van der Waals surface area contributed by atoms with Gasteiger partial charge in [-0.3, -0.25) is 9.59 Å². The summed E-state index contributed by atoms with van der Waals surface area (Å²) in [6.45, 7) is 1.81. The van der Waals surface area contributed by atoms with Crippen molar-refractivity contribution < 1.29 is 18.7 Å². The number of halogens is 1. The number of carbonyl (C=O) groups is 2. The molecule has 118 valence electrons. The van der Waals surface area contributed by atoms with Crippen molar-refractivity contribution in [3.8, 4) is 0 Å². The minimum absolute atomic E-state index is 0.00774. The first-order valence-electron chi connectivity index (χ1n) is 7.36. The van der Waals surface area contributed by atoms with Gasteiger partial charge in [0.2, 0.25) is 11.8 Å². The summed E-state index contributed by atoms with van der Waals surface area (Å²) in [6, 6.07) is 6.08. The molecule has 0 N–H and O–H groups in total. The van der Waals surface area contributed by atoms with E-state index in [4.69, 9.17) is 4.74 Å². The highest BCUT2D eigenvalue weighted by Crippen LogP contribution is 2.41. The third-order valence-electron chi connectivity index (χ3n) is 4.50. The monoisotopic (exact) mass is 306 g/mol. The highest BCUT2D eigenvalue weighted by molar-refractivity contribution is 5.96. The average Bonchev–Trinajstić information content (AvgIpc) is 3.03. The minimum Gasteiger partial charge on any atom is -0.375 e. The number of hydrogen-bond donors (Lipinski definition) is 0. The lowest BCUT2D eigenvalue weighted by Gasteiger charge is -2.24. The molecule has 0 saturated carbocycles. The molecule has 2 aliphatic heterocycles. The topological polar surface area (TPSA) is 49.9 Å². The van der Waals surface area contributed by atoms with Crippen LogP contribution < -0.4 is 4.90 Å². The van der Waals surface area contributed by atoms with Crippen LogP contribution in [0.2, 0.25) is 0 Å². The second-order valence-electron chi connectivity index (χ2n) is 6.13. The van der Waals surface area contributed by atoms with Crippen LogP contribution in [0.3, 0.4) is 0 Å². The molecule has 2 amide bonds. The van der Waals surface area contributed by atoms with Crippen molar-refractivity contribution in [2.45, 2.75) is 12.8 Å². The molecule has 2 fully saturated rings. The molecule has 2 heterocycles. The van der Waals surface area contributed by atoms with Crippen molar-refractivity contribution in [3.63, 3.8) is 0 Å². The third kappa shape index (κ3) is 2.70. The smallest absolute Gasteiger partial charge is 0.248 e. The van der Waals surface area contributed by atoms with Crippen LogP contribution in [0.1, 0.15) is 12.8 Å². The van der Waals surface area contributed by atoms with E-state index in [2.05, 4.69) is 0 Å². The van der Waals surface area contributed by atoms with E-state index in [1.807, 2.05) is 0 Å². The first kappa shape index (κ1) is 15.0. The maximum Gasteiger partial charge on any atom is 0.248 e. The number of methoxy groups -OCH3 is 1. The van der Waals surface area contributed by atoms with Crippen LogP contribution in [0, 0.1) is 11.2 Å². The Morgan fingerprint density at radius 2 is 2.23 bits per heavy atom. The molecule has 1 spiro atoms. The van der Waals surface area contributed by atoms with E-state index in [-0.39, 0.29) is 29.7 Å². The van der Waals surface area contributed by atoms with E-state index < -0.39 is 0 Å². The zero-order valence-corrected chi connectivity index (χ0v) is 12.5. The molecule has 2 saturated heterocycles. The van der Waals surface area contributed by atoms with Gasteiger partial charge in [-0.2, -0.15) is 0 Å². The Morgan fingerprint density at radius 1 is 1.41 bits per heavy atom. The van der Waals surface area contributed by atoms with Gasteiger partial charge in [0.1, 0.15) is 12.4 Å². The number of carbonyl (C=O) groups excluding carboxylic acids is 2. The average molecular weight is 306 g/mol. The molecule has 0 unspecified atom stereocenters. The normalized spacial score (nSPS) is 24.5. The zero-order valence-electron chi connectivity index (χ0n) is 12.5. The maximum absolute atomic E-state index is 13.4. The molecule has 5 nitrogen and oxygen atoms in total. The Kier molecular flexibility index (Phi) is 3.87. The highest BCUT2D eigenvalue weighted by Gasteiger charge is 2.48. The molecule has 1 atom stereocenters. The highest BCUT2D eigenvalue weighted by atomic mass is 19.1. The first-order chi connectivity index (χ1) is 10.5. The van der Waals surface area contributed by atoms with Crippen LogP contribution in [0.25, 0.3) is 0 Å². The minimum atomic E-state index is -0.352. The lowest BCUT2D eigenvalue weighted by atomic mass is 9.86. The molecular formula is C16H19FN2O3. The summed E-state index contributed by atoms with van der Waals surface area (Å²) in [6.07, 6.45) is 1.19. The van der Waals surface area contributed by atoms with Gasteiger partial charge < -0.3 is 14.5 Å². The van der Waals surface area contributed by atoms with Gasteiger partial charge in [-0.15, -0.1) is 0 Å². The molecule has 22 heavy (non-hydrogen) atoms. The van der Waals surface area contributed by atoms with Gasteiger partial charge >= 0.3 is 0 Å². The Morgan fingerprint density at radius 3 is 2.95 bits per heavy atom. The Labute approximate surface area is 128 Å². The van der Waals surface area contributed by atoms with Crippen LogP contribution in [0.15, 0.2) is 24.3 Å². The molecule has 0 aliphatic carbocycles. The van der Waals surface area contributed by atoms with E-state index in [9.17, 15) is 14.0 Å². The number of likely N-dealkylation sites (tertiary alicyclic amines) is 1. The van der Waals surface area contributed by atoms with Crippen molar-refractivity contribution >= 4 is 17.5 Å². The third-order valence-corrected chi connectivity index (χ3v) is 4.50. The number of hydrogen-bond acceptors (Lipinski definition) is 3. The summed E-state index contributed by atoms with van der Waals surface area (Å²) in [5.74, 6) is -0.405. The van der Waals surface area contributed by atoms with Gasteiger partial charge in [0.25, 0.3) is 0 Å². The molecule has 0 radical (unpaired) electrons. The quantitative estimate of drug-likeness (QED) is 0.849. The van der Waals surface area contributed by atoms with Crippen LogP contribution in [0.5, 0.6) is 0 Å². The predicted molar refractivity (Wildman–Crippen MR) is 78.9 cm³/mol. The zero-order chi connectivity index (χ0) is 15.7. The Hall–Kier alpha value is -1.95. The molecule has 2 aliphatic rings. The van der Waals surface area contributed by atoms with Gasteiger partial charge in [0.05, 0.1) is 0 Å². The van der Waals surface area contributed by atoms with Gasteiger partial charge in [-0.1, -0.05) is 6.07 Å². The second-order valence-corrected chi connectivity index (χ2v) is 6.13. The van der Waals surface area contributed by atoms with Gasteiger partial charge in [-0.25, -0.2) is 4.39 Å². The fourth-order valence-electron chi connectivity index (χ4n) is 3.41. The van der Waals surface area contributed by atoms with Crippen LogP contribution in [-0.4, -0.2) is 50.1 Å². The molecule has 0 aromatic heterocycles. The van der Waals surface area contributed by atoms with Crippen molar-refractivity contribution in [1.29, 1.82) is 0 Å². The maximum atomic E-state index is 13.4. The molecular weight excluding hydrogens is 287 g/mol. The summed E-state index contributed by atoms with van der Waals surface area (Å²) >= 11 is 0. The van der Waals surface area contributed by atoms with E-state index in [0.717, 1.165) is 6.42 Å². The standard InChI is InChI=1S/C16H19FN2O3/c1-22-9-15(21)18-6-5-16(10-18)8-14(20)19(11-16)13-4-2-3-12(17)7-13/h2-4,7H,5-6,8-11H2,1H3/t16-/m0/s1. The SMILES string of the molecule is COCC(=O)N1CC[C@]2(CC(=O)N(c3cccc(F)c3)C2)C1. The fraction of sp³-hybridized carbons (Fsp3) is 0.500. The van der Waals surface area contributed by atoms with E-state index >= 15 is 0 Å². The van der Waals surface area contributed by atoms with E-state index in [0.29, 0.717) is 31.7 Å². The molecule has 1 aromatic carbocycles. The van der Waals surface area contributed by atoms with Crippen LogP contribution in [0.4, 0.5) is 10.1 Å². The summed E-state index contributed by atoms with van der Waals surface area (Å²) in [5, 5.41) is 0. The first-order valence-corrected chi connectivity index (χ1v) is 7.36. The summed E-state index contributed by atoms with van der Waals surface area (Å²) in [7, 11) is 1.49. The number of amides is 2. The number of anilines is 1. The Balaban J connectivity index is 1.73. The van der Waals surface area contributed by atoms with Gasteiger partial charge in [-0.05, 0) is 24.6 Å². The second kappa shape index (κ2) is 5.68. The Bertz CT molecular complexity index is 607. The van der Waals surface area contributed by atoms with E-state index in [1.54, 1.807) is 21.9 Å². The van der Waals surface area contributed by atoms with Crippen LogP contribution >= 0.6 is 0 Å². The number of rotatable bonds is 3. The molecule has 6 heteroatoms. The van der Waals surface area contributed by atoms with Crippen molar-refractivity contribution in [2.24, 2.45) is 5.41 Å². The summed E-state index contributed by atoms with van der Waals surface area (Å²) in [5.41, 5.74) is 0.371. The fourth-order valence-corrected chi connectivity index (χ4v) is 3.41. The summed E-state index contributed by atoms with van der Waals surface area (Å²) < 4.78 is 18.2. The molecule has 0 bridgehead atoms. The molecule has 1 aromatic rings. The lowest BCUT2D eigenvalue weighted by Crippen LogP contribution is -2.35. The van der Waals surface area contributed by atoms with E-state index in [1.165, 1.54) is 19.2 Å². The van der Waals surface area contributed by atoms with Crippen molar-refractivity contribution in [2.75, 3.05) is 38.3 Å². The van der Waals surface area contributed by atoms with Crippen LogP contribution in [-0.2, 0) is 14.3 Å². The van der Waals surface area contributed by atoms with Crippen molar-refractivity contribution in [3.05, 3.63) is 30.1 Å². The number of benzene rings is 1.